The van der Waals surface area contributed by atoms with Crippen molar-refractivity contribution in [2.75, 3.05) is 11.1 Å². The SMILES string of the molecule is CCC(C)c1nc(N)sc1-c1ccnc(Nc2cccc(Cl)c2)n1. The third kappa shape index (κ3) is 3.66. The highest BCUT2D eigenvalue weighted by Gasteiger charge is 2.18. The van der Waals surface area contributed by atoms with Crippen LogP contribution >= 0.6 is 22.9 Å². The zero-order chi connectivity index (χ0) is 17.1. The number of benzene rings is 1. The lowest BCUT2D eigenvalue weighted by atomic mass is 10.0. The average molecular weight is 360 g/mol. The Morgan fingerprint density at radius 1 is 1.29 bits per heavy atom. The van der Waals surface area contributed by atoms with Crippen LogP contribution in [-0.2, 0) is 0 Å². The summed E-state index contributed by atoms with van der Waals surface area (Å²) in [6.45, 7) is 4.28. The van der Waals surface area contributed by atoms with E-state index in [0.29, 0.717) is 22.0 Å². The fraction of sp³-hybridized carbons (Fsp3) is 0.235. The van der Waals surface area contributed by atoms with Gasteiger partial charge in [-0.2, -0.15) is 0 Å². The molecule has 1 atom stereocenters. The molecule has 0 aliphatic heterocycles. The van der Waals surface area contributed by atoms with Crippen molar-refractivity contribution in [2.24, 2.45) is 0 Å². The molecule has 1 aromatic carbocycles. The van der Waals surface area contributed by atoms with E-state index in [1.165, 1.54) is 11.3 Å². The quantitative estimate of drug-likeness (QED) is 0.663. The monoisotopic (exact) mass is 359 g/mol. The highest BCUT2D eigenvalue weighted by atomic mass is 35.5. The summed E-state index contributed by atoms with van der Waals surface area (Å²) in [5, 5.41) is 4.39. The van der Waals surface area contributed by atoms with Gasteiger partial charge in [-0.05, 0) is 36.6 Å². The molecule has 2 heterocycles. The summed E-state index contributed by atoms with van der Waals surface area (Å²) < 4.78 is 0. The summed E-state index contributed by atoms with van der Waals surface area (Å²) in [6.07, 6.45) is 2.72. The Morgan fingerprint density at radius 2 is 2.12 bits per heavy atom. The molecule has 0 saturated carbocycles. The van der Waals surface area contributed by atoms with Gasteiger partial charge in [-0.3, -0.25) is 0 Å². The first kappa shape index (κ1) is 16.7. The van der Waals surface area contributed by atoms with Crippen molar-refractivity contribution in [1.82, 2.24) is 15.0 Å². The number of nitrogens with zero attached hydrogens (tertiary/aromatic N) is 3. The van der Waals surface area contributed by atoms with Crippen LogP contribution in [0.3, 0.4) is 0 Å². The molecule has 0 aliphatic carbocycles. The fourth-order valence-corrected chi connectivity index (χ4v) is 3.41. The summed E-state index contributed by atoms with van der Waals surface area (Å²) in [7, 11) is 0. The number of nitrogens with two attached hydrogens (primary N) is 1. The van der Waals surface area contributed by atoms with E-state index in [1.54, 1.807) is 6.20 Å². The second-order valence-electron chi connectivity index (χ2n) is 5.48. The van der Waals surface area contributed by atoms with Gasteiger partial charge in [0.05, 0.1) is 16.3 Å². The molecule has 3 N–H and O–H groups in total. The molecule has 1 unspecified atom stereocenters. The van der Waals surface area contributed by atoms with Crippen molar-refractivity contribution in [3.05, 3.63) is 47.2 Å². The summed E-state index contributed by atoms with van der Waals surface area (Å²) in [6, 6.07) is 9.31. The molecule has 5 nitrogen and oxygen atoms in total. The molecule has 0 bridgehead atoms. The van der Waals surface area contributed by atoms with E-state index in [9.17, 15) is 0 Å². The van der Waals surface area contributed by atoms with Crippen LogP contribution in [0.2, 0.25) is 5.02 Å². The molecule has 124 valence electrons. The van der Waals surface area contributed by atoms with Crippen LogP contribution in [0.1, 0.15) is 31.9 Å². The molecule has 0 fully saturated rings. The van der Waals surface area contributed by atoms with Gasteiger partial charge in [0.25, 0.3) is 0 Å². The van der Waals surface area contributed by atoms with E-state index in [2.05, 4.69) is 34.1 Å². The molecule has 0 aliphatic rings. The Labute approximate surface area is 149 Å². The van der Waals surface area contributed by atoms with Crippen molar-refractivity contribution in [2.45, 2.75) is 26.2 Å². The molecular formula is C17H18ClN5S. The second-order valence-corrected chi connectivity index (χ2v) is 6.94. The molecular weight excluding hydrogens is 342 g/mol. The minimum Gasteiger partial charge on any atom is -0.375 e. The molecule has 0 spiro atoms. The molecule has 24 heavy (non-hydrogen) atoms. The number of nitrogen functional groups attached to an aromatic ring is 1. The summed E-state index contributed by atoms with van der Waals surface area (Å²) in [5.41, 5.74) is 8.57. The average Bonchev–Trinajstić information content (AvgIpc) is 2.96. The Balaban J connectivity index is 1.94. The standard InChI is InChI=1S/C17H18ClN5S/c1-3-10(2)14-15(24-16(19)23-14)13-7-8-20-17(22-13)21-12-6-4-5-11(18)9-12/h4-10H,3H2,1-2H3,(H2,19,23)(H,20,21,22). The first-order valence-corrected chi connectivity index (χ1v) is 8.88. The number of halogens is 1. The maximum Gasteiger partial charge on any atom is 0.227 e. The summed E-state index contributed by atoms with van der Waals surface area (Å²) >= 11 is 7.47. The number of thiazole rings is 1. The van der Waals surface area contributed by atoms with Gasteiger partial charge in [0.2, 0.25) is 5.95 Å². The maximum absolute atomic E-state index is 6.01. The summed E-state index contributed by atoms with van der Waals surface area (Å²) in [4.78, 5) is 14.4. The van der Waals surface area contributed by atoms with Crippen molar-refractivity contribution >= 4 is 39.7 Å². The summed E-state index contributed by atoms with van der Waals surface area (Å²) in [5.74, 6) is 0.838. The van der Waals surface area contributed by atoms with E-state index in [-0.39, 0.29) is 0 Å². The van der Waals surface area contributed by atoms with Crippen LogP contribution in [-0.4, -0.2) is 15.0 Å². The van der Waals surface area contributed by atoms with Gasteiger partial charge in [0.15, 0.2) is 5.13 Å². The van der Waals surface area contributed by atoms with Crippen LogP contribution < -0.4 is 11.1 Å². The van der Waals surface area contributed by atoms with Gasteiger partial charge in [-0.25, -0.2) is 15.0 Å². The molecule has 2 aromatic heterocycles. The van der Waals surface area contributed by atoms with Crippen LogP contribution in [0, 0.1) is 0 Å². The van der Waals surface area contributed by atoms with Crippen LogP contribution in [0.15, 0.2) is 36.5 Å². The van der Waals surface area contributed by atoms with Crippen molar-refractivity contribution in [3.63, 3.8) is 0 Å². The van der Waals surface area contributed by atoms with Gasteiger partial charge in [-0.1, -0.05) is 42.9 Å². The number of hydrogen-bond acceptors (Lipinski definition) is 6. The molecule has 7 heteroatoms. The first-order valence-electron chi connectivity index (χ1n) is 7.69. The van der Waals surface area contributed by atoms with Crippen LogP contribution in [0.5, 0.6) is 0 Å². The lowest BCUT2D eigenvalue weighted by Gasteiger charge is -2.09. The van der Waals surface area contributed by atoms with Gasteiger partial charge in [0, 0.05) is 16.9 Å². The zero-order valence-electron chi connectivity index (χ0n) is 13.5. The lowest BCUT2D eigenvalue weighted by Crippen LogP contribution is -1.99. The minimum absolute atomic E-state index is 0.327. The van der Waals surface area contributed by atoms with E-state index < -0.39 is 0 Å². The van der Waals surface area contributed by atoms with Gasteiger partial charge < -0.3 is 11.1 Å². The second kappa shape index (κ2) is 7.15. The minimum atomic E-state index is 0.327. The third-order valence-corrected chi connectivity index (χ3v) is 4.88. The van der Waals surface area contributed by atoms with Crippen molar-refractivity contribution < 1.29 is 0 Å². The highest BCUT2D eigenvalue weighted by molar-refractivity contribution is 7.18. The largest absolute Gasteiger partial charge is 0.375 e. The molecule has 0 saturated heterocycles. The van der Waals surface area contributed by atoms with Crippen molar-refractivity contribution in [1.29, 1.82) is 0 Å². The van der Waals surface area contributed by atoms with Crippen molar-refractivity contribution in [3.8, 4) is 10.6 Å². The van der Waals surface area contributed by atoms with Gasteiger partial charge in [0.1, 0.15) is 0 Å². The normalized spacial score (nSPS) is 12.1. The Bertz CT molecular complexity index is 849. The van der Waals surface area contributed by atoms with E-state index in [4.69, 9.17) is 17.3 Å². The van der Waals surface area contributed by atoms with E-state index >= 15 is 0 Å². The van der Waals surface area contributed by atoms with Crippen LogP contribution in [0.4, 0.5) is 16.8 Å². The fourth-order valence-electron chi connectivity index (χ4n) is 2.30. The van der Waals surface area contributed by atoms with E-state index in [1.807, 2.05) is 30.3 Å². The first-order chi connectivity index (χ1) is 11.6. The number of aromatic nitrogens is 3. The Kier molecular flexibility index (Phi) is 4.97. The smallest absolute Gasteiger partial charge is 0.227 e. The van der Waals surface area contributed by atoms with Crippen LogP contribution in [0.25, 0.3) is 10.6 Å². The zero-order valence-corrected chi connectivity index (χ0v) is 15.0. The Hall–Kier alpha value is -2.18. The predicted molar refractivity (Wildman–Crippen MR) is 101 cm³/mol. The molecule has 3 aromatic rings. The number of hydrogen-bond donors (Lipinski definition) is 2. The topological polar surface area (TPSA) is 76.7 Å². The van der Waals surface area contributed by atoms with E-state index in [0.717, 1.165) is 28.4 Å². The Morgan fingerprint density at radius 3 is 2.88 bits per heavy atom. The number of anilines is 3. The lowest BCUT2D eigenvalue weighted by molar-refractivity contribution is 0.715. The molecule has 0 amide bonds. The third-order valence-electron chi connectivity index (χ3n) is 3.72. The molecule has 0 radical (unpaired) electrons. The highest BCUT2D eigenvalue weighted by Crippen LogP contribution is 2.36. The van der Waals surface area contributed by atoms with Gasteiger partial charge in [-0.15, -0.1) is 0 Å². The maximum atomic E-state index is 6.01. The predicted octanol–water partition coefficient (Wildman–Crippen LogP) is 5.09. The molecule has 3 rings (SSSR count). The number of rotatable bonds is 5. The number of nitrogens with one attached hydrogen (secondary N) is 1. The van der Waals surface area contributed by atoms with Gasteiger partial charge >= 0.3 is 0 Å².